The number of amides is 1. The summed E-state index contributed by atoms with van der Waals surface area (Å²) in [5.41, 5.74) is 1.16. The average molecular weight is 478 g/mol. The van der Waals surface area contributed by atoms with Crippen molar-refractivity contribution in [2.45, 2.75) is 25.2 Å². The molecule has 1 fully saturated rings. The summed E-state index contributed by atoms with van der Waals surface area (Å²) < 4.78 is 30.3. The molecule has 6 nitrogen and oxygen atoms in total. The van der Waals surface area contributed by atoms with Gasteiger partial charge in [0, 0.05) is 25.7 Å². The van der Waals surface area contributed by atoms with Crippen LogP contribution in [0.3, 0.4) is 0 Å². The minimum Gasteiger partial charge on any atom is -0.318 e. The third kappa shape index (κ3) is 4.35. The first-order chi connectivity index (χ1) is 14.7. The molecule has 3 aromatic rings. The lowest BCUT2D eigenvalue weighted by molar-refractivity contribution is 0.0998. The zero-order valence-electron chi connectivity index (χ0n) is 17.6. The summed E-state index contributed by atoms with van der Waals surface area (Å²) >= 11 is 7.65. The van der Waals surface area contributed by atoms with Crippen molar-refractivity contribution in [1.82, 2.24) is 8.87 Å². The maximum Gasteiger partial charge on any atom is 0.279 e. The van der Waals surface area contributed by atoms with Crippen LogP contribution in [0.15, 0.2) is 52.4 Å². The van der Waals surface area contributed by atoms with Gasteiger partial charge < -0.3 is 4.57 Å². The molecule has 164 valence electrons. The predicted molar refractivity (Wildman–Crippen MR) is 124 cm³/mol. The molecule has 0 radical (unpaired) electrons. The van der Waals surface area contributed by atoms with Crippen LogP contribution in [0, 0.1) is 11.8 Å². The Bertz CT molecular complexity index is 1300. The molecular formula is C22H24ClN3O3S2. The van der Waals surface area contributed by atoms with Crippen molar-refractivity contribution in [2.24, 2.45) is 23.9 Å². The fourth-order valence-corrected chi connectivity index (χ4v) is 7.22. The Morgan fingerprint density at radius 1 is 1.10 bits per heavy atom. The van der Waals surface area contributed by atoms with Crippen molar-refractivity contribution in [2.75, 3.05) is 13.1 Å². The molecule has 1 aliphatic heterocycles. The van der Waals surface area contributed by atoms with Gasteiger partial charge in [-0.1, -0.05) is 42.9 Å². The smallest absolute Gasteiger partial charge is 0.279 e. The lowest BCUT2D eigenvalue weighted by Crippen LogP contribution is -2.42. The zero-order chi connectivity index (χ0) is 22.3. The number of aryl methyl sites for hydroxylation is 1. The highest BCUT2D eigenvalue weighted by Crippen LogP contribution is 2.27. The second kappa shape index (κ2) is 8.50. The van der Waals surface area contributed by atoms with Crippen LogP contribution in [-0.2, 0) is 17.1 Å². The number of halogens is 1. The highest BCUT2D eigenvalue weighted by atomic mass is 35.5. The van der Waals surface area contributed by atoms with Crippen LogP contribution in [0.4, 0.5) is 0 Å². The topological polar surface area (TPSA) is 71.7 Å². The van der Waals surface area contributed by atoms with E-state index in [2.05, 4.69) is 18.8 Å². The zero-order valence-corrected chi connectivity index (χ0v) is 20.0. The van der Waals surface area contributed by atoms with Gasteiger partial charge in [-0.25, -0.2) is 8.42 Å². The summed E-state index contributed by atoms with van der Waals surface area (Å²) in [7, 11) is -1.77. The number of rotatable bonds is 3. The van der Waals surface area contributed by atoms with Crippen molar-refractivity contribution in [1.29, 1.82) is 0 Å². The van der Waals surface area contributed by atoms with E-state index in [0.717, 1.165) is 16.6 Å². The number of carbonyl (C=O) groups is 1. The molecule has 2 atom stereocenters. The number of para-hydroxylation sites is 1. The van der Waals surface area contributed by atoms with Crippen LogP contribution in [0.25, 0.3) is 10.2 Å². The van der Waals surface area contributed by atoms with Crippen LogP contribution in [-0.4, -0.2) is 36.3 Å². The van der Waals surface area contributed by atoms with Crippen molar-refractivity contribution in [3.8, 4) is 0 Å². The maximum atomic E-state index is 13.0. The largest absolute Gasteiger partial charge is 0.318 e. The van der Waals surface area contributed by atoms with E-state index >= 15 is 0 Å². The predicted octanol–water partition coefficient (Wildman–Crippen LogP) is 4.30. The Hall–Kier alpha value is -2.00. The van der Waals surface area contributed by atoms with Crippen LogP contribution < -0.4 is 4.80 Å². The number of benzene rings is 2. The van der Waals surface area contributed by atoms with Gasteiger partial charge in [0.1, 0.15) is 0 Å². The standard InChI is InChI=1S/C22H24ClN3O3S2/c1-14-11-15(2)13-26(12-14)31(28,29)17-9-7-16(8-10-17)21(27)24-22-25(3)20-18(23)5-4-6-19(20)30-22/h4-10,14-15H,11-13H2,1-3H3. The highest BCUT2D eigenvalue weighted by molar-refractivity contribution is 7.89. The van der Waals surface area contributed by atoms with E-state index in [-0.39, 0.29) is 4.90 Å². The number of sulfonamides is 1. The highest BCUT2D eigenvalue weighted by Gasteiger charge is 2.31. The van der Waals surface area contributed by atoms with Gasteiger partial charge in [-0.15, -0.1) is 0 Å². The number of hydrogen-bond donors (Lipinski definition) is 0. The van der Waals surface area contributed by atoms with E-state index in [1.165, 1.54) is 35.6 Å². The average Bonchev–Trinajstić information content (AvgIpc) is 3.04. The quantitative estimate of drug-likeness (QED) is 0.564. The molecular weight excluding hydrogens is 454 g/mol. The Labute approximate surface area is 190 Å². The van der Waals surface area contributed by atoms with Crippen molar-refractivity contribution in [3.63, 3.8) is 0 Å². The molecule has 2 unspecified atom stereocenters. The molecule has 1 aliphatic rings. The molecule has 2 heterocycles. The van der Waals surface area contributed by atoms with E-state index < -0.39 is 15.9 Å². The molecule has 4 rings (SSSR count). The normalized spacial score (nSPS) is 21.0. The first-order valence-electron chi connectivity index (χ1n) is 10.1. The van der Waals surface area contributed by atoms with Gasteiger partial charge in [-0.05, 0) is 54.7 Å². The number of thiazole rings is 1. The summed E-state index contributed by atoms with van der Waals surface area (Å²) in [6.07, 6.45) is 1.03. The summed E-state index contributed by atoms with van der Waals surface area (Å²) in [6, 6.07) is 11.6. The number of fused-ring (bicyclic) bond motifs is 1. The molecule has 0 spiro atoms. The van der Waals surface area contributed by atoms with Crippen LogP contribution in [0.2, 0.25) is 5.02 Å². The first-order valence-corrected chi connectivity index (χ1v) is 12.7. The van der Waals surface area contributed by atoms with Crippen molar-refractivity contribution >= 4 is 49.1 Å². The molecule has 1 amide bonds. The van der Waals surface area contributed by atoms with Gasteiger partial charge in [0.15, 0.2) is 4.80 Å². The van der Waals surface area contributed by atoms with Gasteiger partial charge in [-0.2, -0.15) is 9.30 Å². The Morgan fingerprint density at radius 3 is 2.35 bits per heavy atom. The van der Waals surface area contributed by atoms with Crippen LogP contribution in [0.5, 0.6) is 0 Å². The third-order valence-corrected chi connectivity index (χ3v) is 8.79. The SMILES string of the molecule is CC1CC(C)CN(S(=O)(=O)c2ccc(C(=O)N=c3sc4cccc(Cl)c4n3C)cc2)C1. The minimum atomic E-state index is -3.58. The van der Waals surface area contributed by atoms with Gasteiger partial charge in [0.2, 0.25) is 10.0 Å². The molecule has 0 aliphatic carbocycles. The summed E-state index contributed by atoms with van der Waals surface area (Å²) in [5.74, 6) is 0.227. The molecule has 1 saturated heterocycles. The van der Waals surface area contributed by atoms with Crippen molar-refractivity contribution in [3.05, 3.63) is 57.9 Å². The first kappa shape index (κ1) is 22.2. The minimum absolute atomic E-state index is 0.199. The van der Waals surface area contributed by atoms with E-state index in [0.29, 0.717) is 40.3 Å². The number of carbonyl (C=O) groups excluding carboxylic acids is 1. The molecule has 2 aromatic carbocycles. The summed E-state index contributed by atoms with van der Waals surface area (Å²) in [6.45, 7) is 5.19. The summed E-state index contributed by atoms with van der Waals surface area (Å²) in [5, 5.41) is 0.598. The van der Waals surface area contributed by atoms with Crippen LogP contribution in [0.1, 0.15) is 30.6 Å². The van der Waals surface area contributed by atoms with E-state index in [9.17, 15) is 13.2 Å². The van der Waals surface area contributed by atoms with Gasteiger partial charge >= 0.3 is 0 Å². The Kier molecular flexibility index (Phi) is 6.09. The molecule has 0 bridgehead atoms. The molecule has 1 aromatic heterocycles. The number of hydrogen-bond acceptors (Lipinski definition) is 4. The van der Waals surface area contributed by atoms with Gasteiger partial charge in [0.25, 0.3) is 5.91 Å². The fraction of sp³-hybridized carbons (Fsp3) is 0.364. The second-order valence-electron chi connectivity index (χ2n) is 8.24. The number of aromatic nitrogens is 1. The van der Waals surface area contributed by atoms with Gasteiger partial charge in [0.05, 0.1) is 20.1 Å². The molecule has 31 heavy (non-hydrogen) atoms. The van der Waals surface area contributed by atoms with Crippen LogP contribution >= 0.6 is 22.9 Å². The van der Waals surface area contributed by atoms with E-state index in [1.807, 2.05) is 19.2 Å². The molecule has 0 saturated carbocycles. The lowest BCUT2D eigenvalue weighted by atomic mass is 9.94. The summed E-state index contributed by atoms with van der Waals surface area (Å²) in [4.78, 5) is 17.7. The third-order valence-electron chi connectivity index (χ3n) is 5.54. The monoisotopic (exact) mass is 477 g/mol. The number of nitrogens with zero attached hydrogens (tertiary/aromatic N) is 3. The second-order valence-corrected chi connectivity index (χ2v) is 11.6. The van der Waals surface area contributed by atoms with E-state index in [1.54, 1.807) is 14.9 Å². The molecule has 0 N–H and O–H groups in total. The van der Waals surface area contributed by atoms with Gasteiger partial charge in [-0.3, -0.25) is 4.79 Å². The Balaban J connectivity index is 1.61. The fourth-order valence-electron chi connectivity index (χ4n) is 4.14. The van der Waals surface area contributed by atoms with E-state index in [4.69, 9.17) is 11.6 Å². The van der Waals surface area contributed by atoms with Crippen molar-refractivity contribution < 1.29 is 13.2 Å². The Morgan fingerprint density at radius 2 is 1.74 bits per heavy atom. The lowest BCUT2D eigenvalue weighted by Gasteiger charge is -2.34. The number of piperidine rings is 1. The molecule has 9 heteroatoms. The maximum absolute atomic E-state index is 13.0.